The second-order valence-electron chi connectivity index (χ2n) is 4.11. The van der Waals surface area contributed by atoms with Crippen LogP contribution in [0.4, 0.5) is 5.69 Å². The fourth-order valence-corrected chi connectivity index (χ4v) is 2.25. The minimum Gasteiger partial charge on any atom is -0.495 e. The Hall–Kier alpha value is -1.18. The minimum atomic E-state index is 0.536. The SMILES string of the molecule is COc1cccc2c1NC(C)CC2C. The molecule has 2 unspecified atom stereocenters. The first-order valence-corrected chi connectivity index (χ1v) is 5.15. The molecule has 1 aliphatic heterocycles. The Bertz CT molecular complexity index is 335. The smallest absolute Gasteiger partial charge is 0.142 e. The molecule has 1 heterocycles. The van der Waals surface area contributed by atoms with Gasteiger partial charge >= 0.3 is 0 Å². The first-order chi connectivity index (χ1) is 6.72. The maximum absolute atomic E-state index is 5.35. The average Bonchev–Trinajstić information content (AvgIpc) is 2.17. The molecule has 76 valence electrons. The van der Waals surface area contributed by atoms with Gasteiger partial charge in [-0.3, -0.25) is 0 Å². The number of para-hydroxylation sites is 1. The zero-order chi connectivity index (χ0) is 10.1. The summed E-state index contributed by atoms with van der Waals surface area (Å²) in [6.07, 6.45) is 1.19. The molecule has 0 radical (unpaired) electrons. The third kappa shape index (κ3) is 1.45. The summed E-state index contributed by atoms with van der Waals surface area (Å²) in [6.45, 7) is 4.49. The molecule has 0 spiro atoms. The van der Waals surface area contributed by atoms with Crippen molar-refractivity contribution >= 4 is 5.69 Å². The van der Waals surface area contributed by atoms with E-state index >= 15 is 0 Å². The standard InChI is InChI=1S/C12H17NO/c1-8-7-9(2)13-12-10(8)5-4-6-11(12)14-3/h4-6,8-9,13H,7H2,1-3H3. The van der Waals surface area contributed by atoms with Crippen LogP contribution in [0.2, 0.25) is 0 Å². The lowest BCUT2D eigenvalue weighted by atomic mass is 9.89. The van der Waals surface area contributed by atoms with E-state index in [1.165, 1.54) is 17.7 Å². The van der Waals surface area contributed by atoms with Gasteiger partial charge in [0.15, 0.2) is 0 Å². The van der Waals surface area contributed by atoms with Gasteiger partial charge in [-0.15, -0.1) is 0 Å². The van der Waals surface area contributed by atoms with Gasteiger partial charge in [0, 0.05) is 6.04 Å². The molecule has 1 aromatic carbocycles. The predicted octanol–water partition coefficient (Wildman–Crippen LogP) is 3.00. The van der Waals surface area contributed by atoms with E-state index in [2.05, 4.69) is 31.3 Å². The molecule has 2 rings (SSSR count). The van der Waals surface area contributed by atoms with Gasteiger partial charge in [-0.25, -0.2) is 0 Å². The van der Waals surface area contributed by atoms with Crippen molar-refractivity contribution in [2.45, 2.75) is 32.2 Å². The van der Waals surface area contributed by atoms with E-state index in [0.717, 1.165) is 5.75 Å². The highest BCUT2D eigenvalue weighted by Crippen LogP contribution is 2.39. The molecule has 0 amide bonds. The van der Waals surface area contributed by atoms with Gasteiger partial charge < -0.3 is 10.1 Å². The lowest BCUT2D eigenvalue weighted by Gasteiger charge is -2.30. The van der Waals surface area contributed by atoms with E-state index in [4.69, 9.17) is 4.74 Å². The molecule has 1 N–H and O–H groups in total. The first kappa shape index (κ1) is 9.38. The van der Waals surface area contributed by atoms with Crippen molar-refractivity contribution < 1.29 is 4.74 Å². The van der Waals surface area contributed by atoms with Crippen molar-refractivity contribution in [1.29, 1.82) is 0 Å². The maximum atomic E-state index is 5.35. The van der Waals surface area contributed by atoms with E-state index in [-0.39, 0.29) is 0 Å². The molecule has 14 heavy (non-hydrogen) atoms. The molecule has 0 aliphatic carbocycles. The first-order valence-electron chi connectivity index (χ1n) is 5.15. The van der Waals surface area contributed by atoms with Crippen LogP contribution in [-0.4, -0.2) is 13.2 Å². The Labute approximate surface area is 85.3 Å². The van der Waals surface area contributed by atoms with Gasteiger partial charge in [-0.2, -0.15) is 0 Å². The average molecular weight is 191 g/mol. The highest BCUT2D eigenvalue weighted by Gasteiger charge is 2.22. The van der Waals surface area contributed by atoms with Crippen LogP contribution in [-0.2, 0) is 0 Å². The number of hydrogen-bond donors (Lipinski definition) is 1. The Kier molecular flexibility index (Phi) is 2.36. The van der Waals surface area contributed by atoms with Gasteiger partial charge in [0.05, 0.1) is 12.8 Å². The van der Waals surface area contributed by atoms with Gasteiger partial charge in [0.2, 0.25) is 0 Å². The van der Waals surface area contributed by atoms with Crippen molar-refractivity contribution in [3.63, 3.8) is 0 Å². The highest BCUT2D eigenvalue weighted by molar-refractivity contribution is 5.65. The van der Waals surface area contributed by atoms with Crippen molar-refractivity contribution in [3.8, 4) is 5.75 Å². The predicted molar refractivity (Wildman–Crippen MR) is 59.1 cm³/mol. The molecule has 2 heteroatoms. The summed E-state index contributed by atoms with van der Waals surface area (Å²) in [7, 11) is 1.72. The largest absolute Gasteiger partial charge is 0.495 e. The number of nitrogens with one attached hydrogen (secondary N) is 1. The molecule has 0 saturated carbocycles. The highest BCUT2D eigenvalue weighted by atomic mass is 16.5. The van der Waals surface area contributed by atoms with Crippen LogP contribution in [0.3, 0.4) is 0 Å². The maximum Gasteiger partial charge on any atom is 0.142 e. The number of anilines is 1. The molecule has 1 aliphatic rings. The monoisotopic (exact) mass is 191 g/mol. The summed E-state index contributed by atoms with van der Waals surface area (Å²) in [4.78, 5) is 0. The lowest BCUT2D eigenvalue weighted by Crippen LogP contribution is -2.24. The Balaban J connectivity index is 2.47. The molecule has 0 saturated heterocycles. The van der Waals surface area contributed by atoms with Crippen molar-refractivity contribution in [2.75, 3.05) is 12.4 Å². The van der Waals surface area contributed by atoms with Crippen LogP contribution in [0.25, 0.3) is 0 Å². The Morgan fingerprint density at radius 2 is 2.14 bits per heavy atom. The van der Waals surface area contributed by atoms with Gasteiger partial charge in [-0.05, 0) is 30.9 Å². The zero-order valence-electron chi connectivity index (χ0n) is 9.00. The number of methoxy groups -OCH3 is 1. The summed E-state index contributed by atoms with van der Waals surface area (Å²) >= 11 is 0. The lowest BCUT2D eigenvalue weighted by molar-refractivity contribution is 0.413. The molecule has 2 nitrogen and oxygen atoms in total. The Morgan fingerprint density at radius 3 is 2.86 bits per heavy atom. The van der Waals surface area contributed by atoms with Crippen LogP contribution >= 0.6 is 0 Å². The van der Waals surface area contributed by atoms with Crippen LogP contribution < -0.4 is 10.1 Å². The molecule has 0 aromatic heterocycles. The van der Waals surface area contributed by atoms with Gasteiger partial charge in [-0.1, -0.05) is 19.1 Å². The molecular formula is C12H17NO. The third-order valence-corrected chi connectivity index (χ3v) is 2.91. The number of fused-ring (bicyclic) bond motifs is 1. The summed E-state index contributed by atoms with van der Waals surface area (Å²) in [5.41, 5.74) is 2.56. The fraction of sp³-hybridized carbons (Fsp3) is 0.500. The van der Waals surface area contributed by atoms with Crippen molar-refractivity contribution in [1.82, 2.24) is 0 Å². The number of rotatable bonds is 1. The third-order valence-electron chi connectivity index (χ3n) is 2.91. The topological polar surface area (TPSA) is 21.3 Å². The normalized spacial score (nSPS) is 25.1. The summed E-state index contributed by atoms with van der Waals surface area (Å²) in [5, 5.41) is 3.48. The number of hydrogen-bond acceptors (Lipinski definition) is 2. The number of ether oxygens (including phenoxy) is 1. The van der Waals surface area contributed by atoms with Crippen LogP contribution in [0, 0.1) is 0 Å². The molecule has 0 bridgehead atoms. The summed E-state index contributed by atoms with van der Waals surface area (Å²) < 4.78 is 5.35. The molecule has 0 fully saturated rings. The summed E-state index contributed by atoms with van der Waals surface area (Å²) in [5.74, 6) is 1.58. The van der Waals surface area contributed by atoms with E-state index < -0.39 is 0 Å². The van der Waals surface area contributed by atoms with E-state index in [9.17, 15) is 0 Å². The molecule has 1 aromatic rings. The minimum absolute atomic E-state index is 0.536. The zero-order valence-corrected chi connectivity index (χ0v) is 9.00. The van der Waals surface area contributed by atoms with Crippen molar-refractivity contribution in [2.24, 2.45) is 0 Å². The quantitative estimate of drug-likeness (QED) is 0.736. The molecule has 2 atom stereocenters. The second kappa shape index (κ2) is 3.52. The summed E-state index contributed by atoms with van der Waals surface area (Å²) in [6, 6.07) is 6.79. The Morgan fingerprint density at radius 1 is 1.36 bits per heavy atom. The van der Waals surface area contributed by atoms with Crippen LogP contribution in [0.1, 0.15) is 31.7 Å². The van der Waals surface area contributed by atoms with E-state index in [1.807, 2.05) is 6.07 Å². The number of benzene rings is 1. The van der Waals surface area contributed by atoms with E-state index in [1.54, 1.807) is 7.11 Å². The fourth-order valence-electron chi connectivity index (χ4n) is 2.25. The van der Waals surface area contributed by atoms with Crippen LogP contribution in [0.15, 0.2) is 18.2 Å². The second-order valence-corrected chi connectivity index (χ2v) is 4.11. The van der Waals surface area contributed by atoms with Crippen molar-refractivity contribution in [3.05, 3.63) is 23.8 Å². The van der Waals surface area contributed by atoms with Gasteiger partial charge in [0.25, 0.3) is 0 Å². The van der Waals surface area contributed by atoms with Gasteiger partial charge in [0.1, 0.15) is 5.75 Å². The van der Waals surface area contributed by atoms with Crippen LogP contribution in [0.5, 0.6) is 5.75 Å². The van der Waals surface area contributed by atoms with E-state index in [0.29, 0.717) is 12.0 Å². The molecular weight excluding hydrogens is 174 g/mol.